The highest BCUT2D eigenvalue weighted by molar-refractivity contribution is 5.84. The maximum absolute atomic E-state index is 13.0. The zero-order chi connectivity index (χ0) is 25.0. The first kappa shape index (κ1) is 26.2. The molecule has 10 heteroatoms. The van der Waals surface area contributed by atoms with E-state index in [-0.39, 0.29) is 18.5 Å². The summed E-state index contributed by atoms with van der Waals surface area (Å²) in [4.78, 5) is 31.0. The number of benzene rings is 1. The molecule has 0 saturated carbocycles. The molecular formula is C25H36N6O4. The summed E-state index contributed by atoms with van der Waals surface area (Å²) < 4.78 is 10.4. The fourth-order valence-electron chi connectivity index (χ4n) is 3.89. The highest BCUT2D eigenvalue weighted by Crippen LogP contribution is 2.23. The van der Waals surface area contributed by atoms with Crippen molar-refractivity contribution in [3.8, 4) is 17.0 Å². The van der Waals surface area contributed by atoms with Crippen LogP contribution in [0.3, 0.4) is 0 Å². The van der Waals surface area contributed by atoms with Crippen molar-refractivity contribution >= 4 is 17.8 Å². The van der Waals surface area contributed by atoms with Crippen molar-refractivity contribution in [2.45, 2.75) is 19.8 Å². The molecule has 35 heavy (non-hydrogen) atoms. The van der Waals surface area contributed by atoms with Crippen LogP contribution in [0.1, 0.15) is 19.8 Å². The summed E-state index contributed by atoms with van der Waals surface area (Å²) in [6.45, 7) is 5.98. The number of anilines is 1. The van der Waals surface area contributed by atoms with Gasteiger partial charge < -0.3 is 29.5 Å². The van der Waals surface area contributed by atoms with Gasteiger partial charge in [0, 0.05) is 51.9 Å². The molecule has 1 fully saturated rings. The second kappa shape index (κ2) is 13.5. The van der Waals surface area contributed by atoms with Crippen LogP contribution in [0, 0.1) is 0 Å². The van der Waals surface area contributed by atoms with E-state index in [4.69, 9.17) is 9.47 Å². The molecule has 2 heterocycles. The molecule has 2 aromatic rings. The molecule has 190 valence electrons. The van der Waals surface area contributed by atoms with Gasteiger partial charge in [0.2, 0.25) is 5.91 Å². The summed E-state index contributed by atoms with van der Waals surface area (Å²) in [5, 5.41) is 11.7. The SMILES string of the molecule is CCCNC(=O)N(CCOC)CC(=O)N1CCCN(c2ccc(-c3cccc(OC)c3)nn2)CC1. The summed E-state index contributed by atoms with van der Waals surface area (Å²) in [6.07, 6.45) is 1.65. The van der Waals surface area contributed by atoms with Gasteiger partial charge in [-0.05, 0) is 37.1 Å². The Balaban J connectivity index is 1.58. The van der Waals surface area contributed by atoms with E-state index < -0.39 is 0 Å². The van der Waals surface area contributed by atoms with Crippen molar-refractivity contribution in [1.29, 1.82) is 0 Å². The van der Waals surface area contributed by atoms with Crippen LogP contribution in [0.2, 0.25) is 0 Å². The molecule has 3 amide bonds. The molecule has 1 aromatic heterocycles. The van der Waals surface area contributed by atoms with Gasteiger partial charge in [-0.2, -0.15) is 0 Å². The normalized spacial score (nSPS) is 13.8. The molecule has 1 aromatic carbocycles. The fourth-order valence-corrected chi connectivity index (χ4v) is 3.89. The van der Waals surface area contributed by atoms with E-state index in [0.717, 1.165) is 42.2 Å². The van der Waals surface area contributed by atoms with Crippen molar-refractivity contribution in [1.82, 2.24) is 25.3 Å². The third kappa shape index (κ3) is 7.54. The Morgan fingerprint density at radius 1 is 1.09 bits per heavy atom. The molecule has 0 spiro atoms. The summed E-state index contributed by atoms with van der Waals surface area (Å²) in [5.41, 5.74) is 1.72. The molecule has 1 N–H and O–H groups in total. The molecule has 10 nitrogen and oxygen atoms in total. The number of amides is 3. The van der Waals surface area contributed by atoms with E-state index in [1.54, 1.807) is 14.2 Å². The average Bonchev–Trinajstić information content (AvgIpc) is 3.16. The summed E-state index contributed by atoms with van der Waals surface area (Å²) in [5.74, 6) is 1.50. The largest absolute Gasteiger partial charge is 0.497 e. The van der Waals surface area contributed by atoms with Crippen LogP contribution in [-0.4, -0.2) is 98.6 Å². The minimum absolute atomic E-state index is 0.0357. The third-order valence-electron chi connectivity index (χ3n) is 5.89. The first-order valence-electron chi connectivity index (χ1n) is 12.1. The molecule has 0 bridgehead atoms. The number of rotatable bonds is 10. The third-order valence-corrected chi connectivity index (χ3v) is 5.89. The van der Waals surface area contributed by atoms with E-state index in [9.17, 15) is 9.59 Å². The zero-order valence-corrected chi connectivity index (χ0v) is 20.9. The lowest BCUT2D eigenvalue weighted by Crippen LogP contribution is -2.48. The van der Waals surface area contributed by atoms with Gasteiger partial charge in [-0.1, -0.05) is 19.1 Å². The van der Waals surface area contributed by atoms with Crippen LogP contribution in [-0.2, 0) is 9.53 Å². The number of ether oxygens (including phenoxy) is 2. The summed E-state index contributed by atoms with van der Waals surface area (Å²) in [7, 11) is 3.22. The Bertz CT molecular complexity index is 955. The lowest BCUT2D eigenvalue weighted by atomic mass is 10.1. The number of carbonyl (C=O) groups excluding carboxylic acids is 2. The van der Waals surface area contributed by atoms with E-state index in [1.807, 2.05) is 48.2 Å². The van der Waals surface area contributed by atoms with E-state index in [2.05, 4.69) is 20.4 Å². The number of carbonyl (C=O) groups is 2. The van der Waals surface area contributed by atoms with Crippen LogP contribution >= 0.6 is 0 Å². The molecule has 1 aliphatic heterocycles. The molecule has 0 aliphatic carbocycles. The van der Waals surface area contributed by atoms with Gasteiger partial charge in [0.25, 0.3) is 0 Å². The van der Waals surface area contributed by atoms with Gasteiger partial charge in [0.1, 0.15) is 12.3 Å². The van der Waals surface area contributed by atoms with Gasteiger partial charge in [-0.25, -0.2) is 4.79 Å². The number of urea groups is 1. The number of nitrogens with one attached hydrogen (secondary N) is 1. The second-order valence-electron chi connectivity index (χ2n) is 8.38. The number of methoxy groups -OCH3 is 2. The molecule has 3 rings (SSSR count). The number of hydrogen-bond acceptors (Lipinski definition) is 7. The van der Waals surface area contributed by atoms with Crippen LogP contribution in [0.5, 0.6) is 5.75 Å². The minimum atomic E-state index is -0.236. The van der Waals surface area contributed by atoms with Gasteiger partial charge in [-0.3, -0.25) is 4.79 Å². The standard InChI is InChI=1S/C25H36N6O4/c1-4-11-26-25(33)31(16-17-34-2)19-24(32)30-13-6-12-29(14-15-30)23-10-9-22(27-28-23)20-7-5-8-21(18-20)35-3/h5,7-10,18H,4,6,11-17,19H2,1-3H3,(H,26,33). The smallest absolute Gasteiger partial charge is 0.317 e. The Kier molecular flexibility index (Phi) is 10.1. The Hall–Kier alpha value is -3.40. The average molecular weight is 485 g/mol. The molecule has 0 radical (unpaired) electrons. The highest BCUT2D eigenvalue weighted by Gasteiger charge is 2.24. The first-order chi connectivity index (χ1) is 17.0. The van der Waals surface area contributed by atoms with Crippen LogP contribution in [0.15, 0.2) is 36.4 Å². The summed E-state index contributed by atoms with van der Waals surface area (Å²) in [6, 6.07) is 11.4. The summed E-state index contributed by atoms with van der Waals surface area (Å²) >= 11 is 0. The van der Waals surface area contributed by atoms with Gasteiger partial charge >= 0.3 is 6.03 Å². The van der Waals surface area contributed by atoms with E-state index in [1.165, 1.54) is 4.90 Å². The molecule has 0 unspecified atom stereocenters. The molecule has 1 aliphatic rings. The lowest BCUT2D eigenvalue weighted by molar-refractivity contribution is -0.131. The number of aromatic nitrogens is 2. The van der Waals surface area contributed by atoms with Gasteiger partial charge in [-0.15, -0.1) is 10.2 Å². The van der Waals surface area contributed by atoms with E-state index in [0.29, 0.717) is 39.3 Å². The van der Waals surface area contributed by atoms with Crippen molar-refractivity contribution in [2.75, 3.05) is 71.5 Å². The number of hydrogen-bond donors (Lipinski definition) is 1. The van der Waals surface area contributed by atoms with E-state index >= 15 is 0 Å². The highest BCUT2D eigenvalue weighted by atomic mass is 16.5. The first-order valence-corrected chi connectivity index (χ1v) is 12.1. The predicted octanol–water partition coefficient (Wildman–Crippen LogP) is 2.26. The zero-order valence-electron chi connectivity index (χ0n) is 20.9. The fraction of sp³-hybridized carbons (Fsp3) is 0.520. The number of nitrogens with zero attached hydrogens (tertiary/aromatic N) is 5. The lowest BCUT2D eigenvalue weighted by Gasteiger charge is -2.27. The van der Waals surface area contributed by atoms with Gasteiger partial charge in [0.05, 0.1) is 19.4 Å². The predicted molar refractivity (Wildman–Crippen MR) is 135 cm³/mol. The van der Waals surface area contributed by atoms with Crippen molar-refractivity contribution in [3.05, 3.63) is 36.4 Å². The quantitative estimate of drug-likeness (QED) is 0.552. The Morgan fingerprint density at radius 3 is 2.66 bits per heavy atom. The van der Waals surface area contributed by atoms with Crippen molar-refractivity contribution in [2.24, 2.45) is 0 Å². The monoisotopic (exact) mass is 484 g/mol. The van der Waals surface area contributed by atoms with Gasteiger partial charge in [0.15, 0.2) is 5.82 Å². The maximum atomic E-state index is 13.0. The topological polar surface area (TPSA) is 100 Å². The molecular weight excluding hydrogens is 448 g/mol. The Labute approximate surface area is 207 Å². The molecule has 0 atom stereocenters. The minimum Gasteiger partial charge on any atom is -0.497 e. The second-order valence-corrected chi connectivity index (χ2v) is 8.38. The van der Waals surface area contributed by atoms with Crippen LogP contribution in [0.4, 0.5) is 10.6 Å². The van der Waals surface area contributed by atoms with Crippen LogP contribution < -0.4 is 15.0 Å². The maximum Gasteiger partial charge on any atom is 0.317 e. The van der Waals surface area contributed by atoms with Crippen molar-refractivity contribution < 1.29 is 19.1 Å². The van der Waals surface area contributed by atoms with Crippen molar-refractivity contribution in [3.63, 3.8) is 0 Å². The Morgan fingerprint density at radius 2 is 1.94 bits per heavy atom. The van der Waals surface area contributed by atoms with Crippen LogP contribution in [0.25, 0.3) is 11.3 Å². The molecule has 1 saturated heterocycles.